The predicted molar refractivity (Wildman–Crippen MR) is 52.3 cm³/mol. The topological polar surface area (TPSA) is 54.9 Å². The minimum Gasteiger partial charge on any atom is -0.347 e. The molecule has 68 valence electrons. The molecule has 0 spiro atoms. The number of carbonyl (C=O) groups is 1. The van der Waals surface area contributed by atoms with Crippen LogP contribution in [0.2, 0.25) is 0 Å². The Morgan fingerprint density at radius 3 is 3.15 bits per heavy atom. The fraction of sp³-hybridized carbons (Fsp3) is 0.125. The van der Waals surface area contributed by atoms with E-state index in [1.165, 1.54) is 12.5 Å². The van der Waals surface area contributed by atoms with Gasteiger partial charge in [-0.2, -0.15) is 0 Å². The maximum absolute atomic E-state index is 11.3. The second-order valence-corrected chi connectivity index (χ2v) is 3.07. The highest BCUT2D eigenvalue weighted by Crippen LogP contribution is 2.10. The normalized spacial score (nSPS) is 9.31. The van der Waals surface area contributed by atoms with E-state index in [-0.39, 0.29) is 5.91 Å². The van der Waals surface area contributed by atoms with Gasteiger partial charge < -0.3 is 5.32 Å². The number of hydrogen-bond donors (Lipinski definition) is 1. The fourth-order valence-electron chi connectivity index (χ4n) is 0.728. The summed E-state index contributed by atoms with van der Waals surface area (Å²) >= 11 is 3.18. The lowest BCUT2D eigenvalue weighted by atomic mass is 10.4. The van der Waals surface area contributed by atoms with E-state index in [1.54, 1.807) is 6.08 Å². The highest BCUT2D eigenvalue weighted by molar-refractivity contribution is 9.10. The summed E-state index contributed by atoms with van der Waals surface area (Å²) in [5.74, 6) is -0.242. The largest absolute Gasteiger partial charge is 0.347 e. The average Bonchev–Trinajstić information content (AvgIpc) is 2.15. The molecule has 5 heteroatoms. The highest BCUT2D eigenvalue weighted by Gasteiger charge is 2.09. The van der Waals surface area contributed by atoms with E-state index in [0.717, 1.165) is 0 Å². The molecule has 13 heavy (non-hydrogen) atoms. The lowest BCUT2D eigenvalue weighted by Gasteiger charge is -2.01. The van der Waals surface area contributed by atoms with E-state index in [4.69, 9.17) is 0 Å². The molecule has 0 fully saturated rings. The number of rotatable bonds is 3. The van der Waals surface area contributed by atoms with Crippen molar-refractivity contribution in [3.63, 3.8) is 0 Å². The first-order valence-corrected chi connectivity index (χ1v) is 4.39. The number of aromatic nitrogens is 2. The summed E-state index contributed by atoms with van der Waals surface area (Å²) in [6.45, 7) is 3.92. The fourth-order valence-corrected chi connectivity index (χ4v) is 1.13. The molecule has 1 rings (SSSR count). The van der Waals surface area contributed by atoms with Crippen molar-refractivity contribution in [2.24, 2.45) is 0 Å². The Labute approximate surface area is 84.2 Å². The number of nitrogens with one attached hydrogen (secondary N) is 1. The first-order valence-electron chi connectivity index (χ1n) is 3.60. The van der Waals surface area contributed by atoms with Gasteiger partial charge in [-0.15, -0.1) is 6.58 Å². The lowest BCUT2D eigenvalue weighted by molar-refractivity contribution is 0.0952. The van der Waals surface area contributed by atoms with Crippen molar-refractivity contribution in [3.8, 4) is 0 Å². The Morgan fingerprint density at radius 2 is 2.54 bits per heavy atom. The van der Waals surface area contributed by atoms with Crippen molar-refractivity contribution in [2.45, 2.75) is 0 Å². The Morgan fingerprint density at radius 1 is 1.77 bits per heavy atom. The van der Waals surface area contributed by atoms with Crippen molar-refractivity contribution in [1.29, 1.82) is 0 Å². The quantitative estimate of drug-likeness (QED) is 0.809. The van der Waals surface area contributed by atoms with Gasteiger partial charge in [0.1, 0.15) is 12.0 Å². The molecular formula is C8H8BrN3O. The van der Waals surface area contributed by atoms with Crippen LogP contribution in [-0.2, 0) is 0 Å². The van der Waals surface area contributed by atoms with Gasteiger partial charge in [0.25, 0.3) is 5.91 Å². The summed E-state index contributed by atoms with van der Waals surface area (Å²) in [5, 5.41) is 2.61. The third kappa shape index (κ3) is 2.62. The summed E-state index contributed by atoms with van der Waals surface area (Å²) in [6, 6.07) is 0. The molecule has 0 unspecified atom stereocenters. The molecule has 0 aliphatic rings. The second kappa shape index (κ2) is 4.71. The van der Waals surface area contributed by atoms with E-state index in [9.17, 15) is 4.79 Å². The van der Waals surface area contributed by atoms with Crippen LogP contribution in [-0.4, -0.2) is 22.4 Å². The highest BCUT2D eigenvalue weighted by atomic mass is 79.9. The summed E-state index contributed by atoms with van der Waals surface area (Å²) in [6.07, 6.45) is 4.45. The van der Waals surface area contributed by atoms with E-state index in [2.05, 4.69) is 37.8 Å². The molecule has 1 N–H and O–H groups in total. The minimum absolute atomic E-state index is 0.242. The maximum Gasteiger partial charge on any atom is 0.271 e. The van der Waals surface area contributed by atoms with Crippen LogP contribution in [0.4, 0.5) is 0 Å². The van der Waals surface area contributed by atoms with Gasteiger partial charge in [-0.05, 0) is 15.9 Å². The number of hydrogen-bond acceptors (Lipinski definition) is 3. The summed E-state index contributed by atoms with van der Waals surface area (Å²) in [7, 11) is 0. The molecule has 0 aromatic carbocycles. The van der Waals surface area contributed by atoms with Crippen molar-refractivity contribution in [1.82, 2.24) is 15.3 Å². The first-order chi connectivity index (χ1) is 6.25. The van der Waals surface area contributed by atoms with Crippen LogP contribution in [0.5, 0.6) is 0 Å². The zero-order valence-electron chi connectivity index (χ0n) is 6.83. The molecule has 4 nitrogen and oxygen atoms in total. The van der Waals surface area contributed by atoms with Crippen molar-refractivity contribution in [2.75, 3.05) is 6.54 Å². The maximum atomic E-state index is 11.3. The number of amides is 1. The zero-order valence-corrected chi connectivity index (χ0v) is 8.41. The molecule has 0 aliphatic heterocycles. The van der Waals surface area contributed by atoms with Crippen LogP contribution in [0.1, 0.15) is 10.5 Å². The van der Waals surface area contributed by atoms with Gasteiger partial charge in [-0.1, -0.05) is 6.08 Å². The van der Waals surface area contributed by atoms with Gasteiger partial charge in [0.05, 0.1) is 4.47 Å². The van der Waals surface area contributed by atoms with Crippen LogP contribution in [0.15, 0.2) is 29.7 Å². The first kappa shape index (κ1) is 9.85. The summed E-state index contributed by atoms with van der Waals surface area (Å²) in [4.78, 5) is 18.9. The molecule has 0 saturated carbocycles. The lowest BCUT2D eigenvalue weighted by Crippen LogP contribution is -2.24. The zero-order chi connectivity index (χ0) is 9.68. The monoisotopic (exact) mass is 241 g/mol. The van der Waals surface area contributed by atoms with Gasteiger partial charge in [0.2, 0.25) is 0 Å². The van der Waals surface area contributed by atoms with Crippen LogP contribution < -0.4 is 5.32 Å². The van der Waals surface area contributed by atoms with Gasteiger partial charge >= 0.3 is 0 Å². The van der Waals surface area contributed by atoms with Gasteiger partial charge in [-0.25, -0.2) is 9.97 Å². The van der Waals surface area contributed by atoms with Crippen molar-refractivity contribution >= 4 is 21.8 Å². The predicted octanol–water partition coefficient (Wildman–Crippen LogP) is 1.15. The number of nitrogens with zero attached hydrogens (tertiary/aromatic N) is 2. The summed E-state index contributed by atoms with van der Waals surface area (Å²) < 4.78 is 0.580. The smallest absolute Gasteiger partial charge is 0.271 e. The van der Waals surface area contributed by atoms with E-state index in [1.807, 2.05) is 0 Å². The Bertz CT molecular complexity index is 327. The molecule has 1 aromatic heterocycles. The van der Waals surface area contributed by atoms with Crippen molar-refractivity contribution < 1.29 is 4.79 Å². The Hall–Kier alpha value is -1.23. The van der Waals surface area contributed by atoms with Crippen LogP contribution in [0.25, 0.3) is 0 Å². The molecule has 0 aliphatic carbocycles. The summed E-state index contributed by atoms with van der Waals surface area (Å²) in [5.41, 5.74) is 0.330. The van der Waals surface area contributed by atoms with Crippen molar-refractivity contribution in [3.05, 3.63) is 35.3 Å². The standard InChI is InChI=1S/C8H8BrN3O/c1-2-3-11-8(13)7-6(9)4-10-5-12-7/h2,4-5H,1,3H2,(H,11,13). The van der Waals surface area contributed by atoms with Crippen LogP contribution in [0.3, 0.4) is 0 Å². The molecule has 0 radical (unpaired) electrons. The Kier molecular flexibility index (Phi) is 3.57. The van der Waals surface area contributed by atoms with E-state index in [0.29, 0.717) is 16.7 Å². The number of halogens is 1. The molecule has 0 saturated heterocycles. The molecule has 0 bridgehead atoms. The second-order valence-electron chi connectivity index (χ2n) is 2.22. The average molecular weight is 242 g/mol. The van der Waals surface area contributed by atoms with Crippen LogP contribution >= 0.6 is 15.9 Å². The van der Waals surface area contributed by atoms with Gasteiger partial charge in [0.15, 0.2) is 0 Å². The van der Waals surface area contributed by atoms with Gasteiger partial charge in [0, 0.05) is 12.7 Å². The third-order valence-corrected chi connectivity index (χ3v) is 1.87. The molecule has 1 amide bonds. The SMILES string of the molecule is C=CCNC(=O)c1ncncc1Br. The molecule has 0 atom stereocenters. The number of carbonyl (C=O) groups excluding carboxylic acids is 1. The minimum atomic E-state index is -0.242. The molecule has 1 heterocycles. The van der Waals surface area contributed by atoms with E-state index >= 15 is 0 Å². The Balaban J connectivity index is 2.76. The van der Waals surface area contributed by atoms with Gasteiger partial charge in [-0.3, -0.25) is 4.79 Å². The van der Waals surface area contributed by atoms with Crippen LogP contribution in [0, 0.1) is 0 Å². The third-order valence-electron chi connectivity index (χ3n) is 1.29. The van der Waals surface area contributed by atoms with E-state index < -0.39 is 0 Å². The molecule has 1 aromatic rings. The molecular weight excluding hydrogens is 234 g/mol.